The quantitative estimate of drug-likeness (QED) is 0.194. The van der Waals surface area contributed by atoms with Gasteiger partial charge >= 0.3 is 0 Å². The van der Waals surface area contributed by atoms with Crippen LogP contribution in [0.4, 0.5) is 33.0 Å². The molecule has 2 aromatic carbocycles. The summed E-state index contributed by atoms with van der Waals surface area (Å²) in [5, 5.41) is 12.8. The topological polar surface area (TPSA) is 109 Å². The van der Waals surface area contributed by atoms with E-state index in [4.69, 9.17) is 9.98 Å². The molecule has 0 saturated carbocycles. The van der Waals surface area contributed by atoms with Crippen molar-refractivity contribution in [1.82, 2.24) is 14.9 Å². The Morgan fingerprint density at radius 3 is 1.86 bits per heavy atom. The van der Waals surface area contributed by atoms with Crippen molar-refractivity contribution in [2.45, 2.75) is 38.5 Å². The second-order valence-corrected chi connectivity index (χ2v) is 14.3. The Morgan fingerprint density at radius 1 is 0.633 bits per heavy atom. The highest BCUT2D eigenvalue weighted by Gasteiger charge is 2.32. The van der Waals surface area contributed by atoms with Gasteiger partial charge in [0.1, 0.15) is 6.34 Å². The van der Waals surface area contributed by atoms with Gasteiger partial charge in [0, 0.05) is 71.8 Å². The molecule has 5 aliphatic heterocycles. The monoisotopic (exact) mass is 685 g/mol. The van der Waals surface area contributed by atoms with E-state index in [-0.39, 0.29) is 0 Å². The number of benzene rings is 2. The lowest BCUT2D eigenvalue weighted by atomic mass is 10.0. The smallest absolute Gasteiger partial charge is 0.239 e. The maximum atomic E-state index is 5.04. The van der Waals surface area contributed by atoms with Gasteiger partial charge < -0.3 is 20.4 Å². The van der Waals surface area contributed by atoms with Crippen molar-refractivity contribution in [3.8, 4) is 0 Å². The normalized spacial score (nSPS) is 18.6. The van der Waals surface area contributed by atoms with Crippen LogP contribution in [0.5, 0.6) is 0 Å². The molecule has 0 radical (unpaired) electrons. The predicted molar refractivity (Wildman–Crippen MR) is 204 cm³/mol. The molecule has 0 amide bonds. The average molecular weight is 686 g/mol. The standard InChI is InChI=1S/C36H35N11S2/c1-3-13-45(14-4-1)24-7-9-27(31(19-24)43-35-37-11-17-48-35)29-21-26-22-30(42-34-40-23-39-33(41-29)47(26)34)28-10-8-25(46-15-5-2-6-16-46)20-32(28)44-36-38-12-18-49-36/h7-12,17-23H,1-6,13-16H2,(H,37,43)(H,38,44). The Labute approximate surface area is 292 Å². The highest BCUT2D eigenvalue weighted by molar-refractivity contribution is 7.14. The van der Waals surface area contributed by atoms with Gasteiger partial charge in [0.2, 0.25) is 11.9 Å². The number of guanidine groups is 2. The fourth-order valence-electron chi connectivity index (χ4n) is 6.95. The molecule has 2 N–H and O–H groups in total. The Morgan fingerprint density at radius 2 is 1.24 bits per heavy atom. The van der Waals surface area contributed by atoms with Crippen LogP contribution in [0, 0.1) is 0 Å². The number of rotatable bonds is 8. The van der Waals surface area contributed by atoms with Crippen molar-refractivity contribution in [1.29, 1.82) is 0 Å². The van der Waals surface area contributed by atoms with E-state index in [0.717, 1.165) is 76.0 Å². The van der Waals surface area contributed by atoms with Crippen LogP contribution in [0.3, 0.4) is 0 Å². The molecule has 49 heavy (non-hydrogen) atoms. The van der Waals surface area contributed by atoms with Crippen LogP contribution < -0.4 is 20.4 Å². The zero-order chi connectivity index (χ0) is 32.6. The van der Waals surface area contributed by atoms with Gasteiger partial charge in [-0.3, -0.25) is 0 Å². The summed E-state index contributed by atoms with van der Waals surface area (Å²) in [6.07, 6.45) is 16.8. The van der Waals surface area contributed by atoms with Crippen molar-refractivity contribution in [2.75, 3.05) is 46.6 Å². The zero-order valence-corrected chi connectivity index (χ0v) is 28.6. The van der Waals surface area contributed by atoms with Crippen LogP contribution in [0.25, 0.3) is 5.70 Å². The highest BCUT2D eigenvalue weighted by Crippen LogP contribution is 2.38. The third-order valence-electron chi connectivity index (χ3n) is 9.36. The second-order valence-electron chi connectivity index (χ2n) is 12.5. The highest BCUT2D eigenvalue weighted by atomic mass is 32.1. The van der Waals surface area contributed by atoms with Crippen molar-refractivity contribution >= 4 is 85.4 Å². The van der Waals surface area contributed by atoms with Gasteiger partial charge in [0.15, 0.2) is 10.3 Å². The van der Waals surface area contributed by atoms with Crippen LogP contribution in [0.15, 0.2) is 97.4 Å². The first-order valence-corrected chi connectivity index (χ1v) is 18.6. The van der Waals surface area contributed by atoms with Crippen molar-refractivity contribution in [3.63, 3.8) is 0 Å². The second kappa shape index (κ2) is 13.1. The number of nitrogens with zero attached hydrogens (tertiary/aromatic N) is 9. The molecule has 2 fully saturated rings. The van der Waals surface area contributed by atoms with E-state index in [0.29, 0.717) is 11.9 Å². The summed E-state index contributed by atoms with van der Waals surface area (Å²) in [4.78, 5) is 35.1. The average Bonchev–Trinajstić information content (AvgIpc) is 3.87. The molecule has 4 aromatic rings. The van der Waals surface area contributed by atoms with Crippen LogP contribution in [0.1, 0.15) is 49.7 Å². The molecule has 5 aliphatic rings. The van der Waals surface area contributed by atoms with Crippen molar-refractivity contribution in [2.24, 2.45) is 20.0 Å². The number of nitrogens with one attached hydrogen (secondary N) is 2. The Kier molecular flexibility index (Phi) is 7.98. The first kappa shape index (κ1) is 30.0. The molecular formula is C36H35N11S2. The van der Waals surface area contributed by atoms with Crippen LogP contribution in [-0.2, 0) is 0 Å². The number of allylic oxidation sites excluding steroid dienone is 2. The molecule has 2 saturated heterocycles. The Hall–Kier alpha value is -5.14. The predicted octanol–water partition coefficient (Wildman–Crippen LogP) is 7.86. The van der Waals surface area contributed by atoms with E-state index in [1.807, 2.05) is 28.1 Å². The number of thiazole rings is 2. The van der Waals surface area contributed by atoms with Crippen molar-refractivity contribution < 1.29 is 0 Å². The lowest BCUT2D eigenvalue weighted by Gasteiger charge is -2.33. The van der Waals surface area contributed by atoms with Gasteiger partial charge in [0.25, 0.3) is 0 Å². The summed E-state index contributed by atoms with van der Waals surface area (Å²) in [5.74, 6) is 1.08. The minimum Gasteiger partial charge on any atom is -0.371 e. The van der Waals surface area contributed by atoms with E-state index in [9.17, 15) is 0 Å². The molecule has 9 rings (SSSR count). The lowest BCUT2D eigenvalue weighted by Crippen LogP contribution is -2.40. The first-order valence-electron chi connectivity index (χ1n) is 16.9. The van der Waals surface area contributed by atoms with Gasteiger partial charge in [-0.25, -0.2) is 34.8 Å². The van der Waals surface area contributed by atoms with E-state index >= 15 is 0 Å². The third-order valence-corrected chi connectivity index (χ3v) is 10.7. The minimum atomic E-state index is 0.540. The molecule has 0 bridgehead atoms. The molecular weight excluding hydrogens is 651 g/mol. The van der Waals surface area contributed by atoms with Gasteiger partial charge in [-0.15, -0.1) is 22.7 Å². The van der Waals surface area contributed by atoms with Crippen LogP contribution in [-0.4, -0.2) is 65.0 Å². The first-order chi connectivity index (χ1) is 24.2. The van der Waals surface area contributed by atoms with Gasteiger partial charge in [-0.1, -0.05) is 0 Å². The summed E-state index contributed by atoms with van der Waals surface area (Å²) in [6.45, 7) is 4.28. The summed E-state index contributed by atoms with van der Waals surface area (Å²) in [6, 6.07) is 13.2. The largest absolute Gasteiger partial charge is 0.371 e. The molecule has 0 atom stereocenters. The molecule has 246 valence electrons. The Balaban J connectivity index is 1.12. The van der Waals surface area contributed by atoms with Crippen LogP contribution >= 0.6 is 22.7 Å². The molecule has 2 aromatic heterocycles. The molecule has 0 spiro atoms. The van der Waals surface area contributed by atoms with Crippen molar-refractivity contribution in [3.05, 3.63) is 88.5 Å². The number of hydrogen-bond acceptors (Lipinski definition) is 13. The van der Waals surface area contributed by atoms with Gasteiger partial charge in [0.05, 0.1) is 28.5 Å². The molecule has 0 unspecified atom stereocenters. The molecule has 0 aliphatic carbocycles. The number of hydrogen-bond donors (Lipinski definition) is 2. The number of anilines is 6. The lowest BCUT2D eigenvalue weighted by molar-refractivity contribution is 0.578. The number of piperidine rings is 2. The Bertz CT molecular complexity index is 1940. The maximum Gasteiger partial charge on any atom is 0.239 e. The number of aromatic nitrogens is 2. The fourth-order valence-corrected chi connectivity index (χ4v) is 8.03. The van der Waals surface area contributed by atoms with Gasteiger partial charge in [-0.05, 0) is 87.1 Å². The van der Waals surface area contributed by atoms with E-state index in [1.165, 1.54) is 49.9 Å². The number of aliphatic imine (C=N–C) groups is 4. The summed E-state index contributed by atoms with van der Waals surface area (Å²) in [7, 11) is 0. The van der Waals surface area contributed by atoms with E-state index < -0.39 is 0 Å². The summed E-state index contributed by atoms with van der Waals surface area (Å²) < 4.78 is 0. The SMILES string of the molecule is C1=NC2=NC(c3ccc(N4CCCCC4)cc3Nc3nccs3)=CC3=CC(c4ccc(N5CCCCC5)cc4Nc4nccs4)=NC(=N1)N32. The molecule has 11 nitrogen and oxygen atoms in total. The third kappa shape index (κ3) is 6.04. The molecule has 13 heteroatoms. The summed E-state index contributed by atoms with van der Waals surface area (Å²) in [5.41, 5.74) is 8.81. The van der Waals surface area contributed by atoms with E-state index in [1.54, 1.807) is 29.0 Å². The van der Waals surface area contributed by atoms with Gasteiger partial charge in [-0.2, -0.15) is 0 Å². The summed E-state index contributed by atoms with van der Waals surface area (Å²) >= 11 is 3.16. The van der Waals surface area contributed by atoms with E-state index in [2.05, 4.69) is 88.9 Å². The molecule has 7 heterocycles. The fraction of sp³-hybridized carbons (Fsp3) is 0.278. The van der Waals surface area contributed by atoms with Crippen LogP contribution in [0.2, 0.25) is 0 Å². The minimum absolute atomic E-state index is 0.540. The maximum absolute atomic E-state index is 5.04. The zero-order valence-electron chi connectivity index (χ0n) is 26.9.